The number of carbonyl (C=O) groups excluding carboxylic acids is 1. The Hall–Kier alpha value is -1.31. The first-order chi connectivity index (χ1) is 8.08. The fraction of sp³-hybridized carbons (Fsp3) is 0.533. The highest BCUT2D eigenvalue weighted by Gasteiger charge is 1.94. The summed E-state index contributed by atoms with van der Waals surface area (Å²) in [6.07, 6.45) is 9.43. The third-order valence-corrected chi connectivity index (χ3v) is 1.89. The lowest BCUT2D eigenvalue weighted by molar-refractivity contribution is -0.137. The van der Waals surface area contributed by atoms with E-state index in [9.17, 15) is 4.79 Å². The van der Waals surface area contributed by atoms with Crippen LogP contribution < -0.4 is 0 Å². The molecule has 17 heavy (non-hydrogen) atoms. The van der Waals surface area contributed by atoms with Gasteiger partial charge in [-0.2, -0.15) is 0 Å². The zero-order chi connectivity index (χ0) is 13.5. The molecule has 0 amide bonds. The smallest absolute Gasteiger partial charge is 0.330 e. The maximum Gasteiger partial charge on any atom is 0.330 e. The van der Waals surface area contributed by atoms with Crippen molar-refractivity contribution < 1.29 is 9.53 Å². The van der Waals surface area contributed by atoms with Gasteiger partial charge in [-0.15, -0.1) is 0 Å². The summed E-state index contributed by atoms with van der Waals surface area (Å²) in [5.41, 5.74) is 1.02. The topological polar surface area (TPSA) is 26.3 Å². The number of hydrogen-bond acceptors (Lipinski definition) is 2. The van der Waals surface area contributed by atoms with Gasteiger partial charge in [0.15, 0.2) is 0 Å². The van der Waals surface area contributed by atoms with Crippen LogP contribution in [0.4, 0.5) is 0 Å². The number of esters is 1. The Labute approximate surface area is 106 Å². The molecule has 0 aliphatic heterocycles. The van der Waals surface area contributed by atoms with Crippen molar-refractivity contribution in [3.8, 4) is 0 Å². The molecule has 0 fully saturated rings. The number of carbonyl (C=O) groups is 1. The minimum atomic E-state index is -0.228. The van der Waals surface area contributed by atoms with Crippen LogP contribution in [-0.4, -0.2) is 12.6 Å². The molecule has 0 saturated heterocycles. The van der Waals surface area contributed by atoms with E-state index in [1.807, 2.05) is 6.92 Å². The van der Waals surface area contributed by atoms with Gasteiger partial charge in [-0.1, -0.05) is 57.1 Å². The van der Waals surface area contributed by atoms with Crippen LogP contribution in [0.25, 0.3) is 0 Å². The van der Waals surface area contributed by atoms with Crippen molar-refractivity contribution in [3.05, 3.63) is 37.0 Å². The molecule has 0 unspecified atom stereocenters. The number of rotatable bonds is 7. The van der Waals surface area contributed by atoms with Gasteiger partial charge in [-0.05, 0) is 20.3 Å². The van der Waals surface area contributed by atoms with E-state index in [0.717, 1.165) is 18.4 Å². The molecule has 0 bridgehead atoms. The number of unbranched alkanes of at least 4 members (excludes halogenated alkanes) is 3. The van der Waals surface area contributed by atoms with Crippen molar-refractivity contribution in [2.45, 2.75) is 46.5 Å². The summed E-state index contributed by atoms with van der Waals surface area (Å²) < 4.78 is 4.90. The lowest BCUT2D eigenvalue weighted by Gasteiger charge is -2.00. The summed E-state index contributed by atoms with van der Waals surface area (Å²) in [5.74, 6) is -0.228. The second-order valence-corrected chi connectivity index (χ2v) is 3.78. The van der Waals surface area contributed by atoms with Crippen molar-refractivity contribution >= 4 is 5.97 Å². The molecular formula is C15H26O2. The standard InChI is InChI=1S/C10H18O2.C5H8/c1-3-5-6-7-9-12-10(11)8-4-2;1-4-5(2)3/h4,8H,3,5-7,9H2,1-2H3;4H,1-2H2,3H3. The van der Waals surface area contributed by atoms with Crippen molar-refractivity contribution in [2.24, 2.45) is 0 Å². The molecule has 2 nitrogen and oxygen atoms in total. The Balaban J connectivity index is 0. The highest BCUT2D eigenvalue weighted by atomic mass is 16.5. The fourth-order valence-corrected chi connectivity index (χ4v) is 0.886. The summed E-state index contributed by atoms with van der Waals surface area (Å²) in [4.78, 5) is 10.8. The Kier molecular flexibility index (Phi) is 15.6. The van der Waals surface area contributed by atoms with E-state index in [1.165, 1.54) is 18.9 Å². The molecule has 0 N–H and O–H groups in total. The van der Waals surface area contributed by atoms with Crippen LogP contribution in [0.2, 0.25) is 0 Å². The first-order valence-electron chi connectivity index (χ1n) is 6.15. The normalized spacial score (nSPS) is 9.35. The van der Waals surface area contributed by atoms with Crippen molar-refractivity contribution in [3.63, 3.8) is 0 Å². The first kappa shape index (κ1) is 18.1. The summed E-state index contributed by atoms with van der Waals surface area (Å²) in [6.45, 7) is 13.4. The molecule has 0 aliphatic carbocycles. The fourth-order valence-electron chi connectivity index (χ4n) is 0.886. The predicted molar refractivity (Wildman–Crippen MR) is 74.9 cm³/mol. The number of hydrogen-bond donors (Lipinski definition) is 0. The second kappa shape index (κ2) is 14.7. The van der Waals surface area contributed by atoms with E-state index < -0.39 is 0 Å². The van der Waals surface area contributed by atoms with Crippen LogP contribution in [0.3, 0.4) is 0 Å². The van der Waals surface area contributed by atoms with Crippen LogP contribution in [0.5, 0.6) is 0 Å². The monoisotopic (exact) mass is 238 g/mol. The van der Waals surface area contributed by atoms with Gasteiger partial charge in [0.25, 0.3) is 0 Å². The van der Waals surface area contributed by atoms with Crippen molar-refractivity contribution in [2.75, 3.05) is 6.61 Å². The molecule has 0 aliphatic rings. The highest BCUT2D eigenvalue weighted by molar-refractivity contribution is 5.81. The average Bonchev–Trinajstić information content (AvgIpc) is 2.30. The maximum absolute atomic E-state index is 10.8. The van der Waals surface area contributed by atoms with Crippen LogP contribution >= 0.6 is 0 Å². The maximum atomic E-state index is 10.8. The van der Waals surface area contributed by atoms with Crippen molar-refractivity contribution in [1.82, 2.24) is 0 Å². The molecule has 0 aromatic carbocycles. The zero-order valence-electron chi connectivity index (χ0n) is 11.5. The Bertz CT molecular complexity index is 239. The molecule has 0 aromatic rings. The average molecular weight is 238 g/mol. The highest BCUT2D eigenvalue weighted by Crippen LogP contribution is 1.98. The molecule has 0 saturated carbocycles. The summed E-state index contributed by atoms with van der Waals surface area (Å²) in [5, 5.41) is 0. The summed E-state index contributed by atoms with van der Waals surface area (Å²) >= 11 is 0. The van der Waals surface area contributed by atoms with E-state index in [-0.39, 0.29) is 5.97 Å². The third kappa shape index (κ3) is 20.7. The first-order valence-corrected chi connectivity index (χ1v) is 6.15. The van der Waals surface area contributed by atoms with Gasteiger partial charge < -0.3 is 4.74 Å². The van der Waals surface area contributed by atoms with Gasteiger partial charge in [0.2, 0.25) is 0 Å². The molecule has 2 heteroatoms. The lowest BCUT2D eigenvalue weighted by Crippen LogP contribution is -2.01. The minimum Gasteiger partial charge on any atom is -0.463 e. The molecule has 98 valence electrons. The Morgan fingerprint density at radius 2 is 1.88 bits per heavy atom. The Morgan fingerprint density at radius 1 is 1.29 bits per heavy atom. The molecular weight excluding hydrogens is 212 g/mol. The van der Waals surface area contributed by atoms with E-state index in [1.54, 1.807) is 19.1 Å². The lowest BCUT2D eigenvalue weighted by atomic mass is 10.2. The summed E-state index contributed by atoms with van der Waals surface area (Å²) in [7, 11) is 0. The molecule has 0 rings (SSSR count). The molecule has 0 heterocycles. The van der Waals surface area contributed by atoms with Crippen LogP contribution in [0.1, 0.15) is 46.5 Å². The summed E-state index contributed by atoms with van der Waals surface area (Å²) in [6, 6.07) is 0. The van der Waals surface area contributed by atoms with E-state index in [4.69, 9.17) is 4.74 Å². The van der Waals surface area contributed by atoms with Crippen molar-refractivity contribution in [1.29, 1.82) is 0 Å². The molecule has 0 aromatic heterocycles. The SMILES string of the molecule is C=CC(=C)C.CC=CC(=O)OCCCCCC. The third-order valence-electron chi connectivity index (χ3n) is 1.89. The van der Waals surface area contributed by atoms with E-state index in [0.29, 0.717) is 6.61 Å². The largest absolute Gasteiger partial charge is 0.463 e. The second-order valence-electron chi connectivity index (χ2n) is 3.78. The van der Waals surface area contributed by atoms with Gasteiger partial charge in [0.1, 0.15) is 0 Å². The number of ether oxygens (including phenoxy) is 1. The van der Waals surface area contributed by atoms with Crippen LogP contribution in [0, 0.1) is 0 Å². The Morgan fingerprint density at radius 3 is 2.29 bits per heavy atom. The molecule has 0 atom stereocenters. The van der Waals surface area contributed by atoms with Crippen LogP contribution in [-0.2, 0) is 9.53 Å². The minimum absolute atomic E-state index is 0.228. The molecule has 0 radical (unpaired) electrons. The predicted octanol–water partition coefficient (Wildman–Crippen LogP) is 4.43. The number of allylic oxidation sites excluding steroid dienone is 3. The van der Waals surface area contributed by atoms with E-state index >= 15 is 0 Å². The van der Waals surface area contributed by atoms with Gasteiger partial charge in [0.05, 0.1) is 6.61 Å². The molecule has 0 spiro atoms. The quantitative estimate of drug-likeness (QED) is 0.284. The van der Waals surface area contributed by atoms with Gasteiger partial charge in [-0.25, -0.2) is 4.79 Å². The van der Waals surface area contributed by atoms with Gasteiger partial charge in [-0.3, -0.25) is 0 Å². The zero-order valence-corrected chi connectivity index (χ0v) is 11.5. The van der Waals surface area contributed by atoms with Gasteiger partial charge >= 0.3 is 5.97 Å². The van der Waals surface area contributed by atoms with E-state index in [2.05, 4.69) is 20.1 Å². The van der Waals surface area contributed by atoms with Crippen LogP contribution in [0.15, 0.2) is 37.0 Å². The van der Waals surface area contributed by atoms with Gasteiger partial charge in [0, 0.05) is 6.08 Å².